The van der Waals surface area contributed by atoms with Gasteiger partial charge in [-0.2, -0.15) is 4.68 Å². The van der Waals surface area contributed by atoms with Gasteiger partial charge in [-0.05, 0) is 29.5 Å². The van der Waals surface area contributed by atoms with E-state index in [1.807, 2.05) is 31.2 Å². The lowest BCUT2D eigenvalue weighted by molar-refractivity contribution is -0.137. The molecule has 1 aliphatic heterocycles. The van der Waals surface area contributed by atoms with Gasteiger partial charge in [0, 0.05) is 6.42 Å². The Morgan fingerprint density at radius 2 is 2.16 bits per heavy atom. The van der Waals surface area contributed by atoms with Crippen LogP contribution in [0.3, 0.4) is 0 Å². The largest absolute Gasteiger partial charge is 0.465 e. The highest BCUT2D eigenvalue weighted by Crippen LogP contribution is 2.28. The number of carbonyl (C=O) groups is 1. The Balaban J connectivity index is 1.86. The Morgan fingerprint density at radius 3 is 2.84 bits per heavy atom. The van der Waals surface area contributed by atoms with Crippen molar-refractivity contribution in [2.45, 2.75) is 23.8 Å². The topological polar surface area (TPSA) is 69.9 Å². The third kappa shape index (κ3) is 2.46. The van der Waals surface area contributed by atoms with Gasteiger partial charge in [0.2, 0.25) is 5.16 Å². The van der Waals surface area contributed by atoms with Crippen LogP contribution in [0.1, 0.15) is 12.0 Å². The van der Waals surface area contributed by atoms with Crippen LogP contribution in [0.15, 0.2) is 29.4 Å². The lowest BCUT2D eigenvalue weighted by atomic mass is 10.2. The molecule has 0 saturated carbocycles. The van der Waals surface area contributed by atoms with Crippen molar-refractivity contribution in [3.63, 3.8) is 0 Å². The Hall–Kier alpha value is -1.89. The van der Waals surface area contributed by atoms with Gasteiger partial charge in [0.25, 0.3) is 0 Å². The smallest absolute Gasteiger partial charge is 0.319 e. The molecule has 1 aromatic carbocycles. The SMILES string of the molecule is Cc1ccc(-n2nnnc2S[C@H]2CCOC2=O)cc1. The van der Waals surface area contributed by atoms with E-state index in [0.29, 0.717) is 18.2 Å². The number of nitrogens with zero attached hydrogens (tertiary/aromatic N) is 4. The molecule has 0 unspecified atom stereocenters. The van der Waals surface area contributed by atoms with Gasteiger partial charge in [0.15, 0.2) is 0 Å². The molecule has 0 N–H and O–H groups in total. The maximum atomic E-state index is 11.5. The standard InChI is InChI=1S/C12H12N4O2S/c1-8-2-4-9(5-3-8)16-12(13-14-15-16)19-10-6-7-18-11(10)17/h2-5,10H,6-7H2,1H3/t10-/m0/s1. The fourth-order valence-electron chi connectivity index (χ4n) is 1.81. The van der Waals surface area contributed by atoms with Crippen molar-refractivity contribution in [3.8, 4) is 5.69 Å². The van der Waals surface area contributed by atoms with Crippen molar-refractivity contribution >= 4 is 17.7 Å². The van der Waals surface area contributed by atoms with E-state index >= 15 is 0 Å². The minimum absolute atomic E-state index is 0.191. The summed E-state index contributed by atoms with van der Waals surface area (Å²) in [6.45, 7) is 2.50. The molecule has 98 valence electrons. The molecule has 7 heteroatoms. The number of cyclic esters (lactones) is 1. The van der Waals surface area contributed by atoms with Crippen LogP contribution in [0.5, 0.6) is 0 Å². The average Bonchev–Trinajstić information content (AvgIpc) is 3.01. The Morgan fingerprint density at radius 1 is 1.37 bits per heavy atom. The third-order valence-corrected chi connectivity index (χ3v) is 4.03. The summed E-state index contributed by atoms with van der Waals surface area (Å²) in [4.78, 5) is 11.5. The summed E-state index contributed by atoms with van der Waals surface area (Å²) in [6, 6.07) is 7.88. The number of aromatic nitrogens is 4. The molecule has 0 spiro atoms. The Bertz CT molecular complexity index is 596. The van der Waals surface area contributed by atoms with Crippen LogP contribution in [-0.2, 0) is 9.53 Å². The molecular formula is C12H12N4O2S. The first-order valence-corrected chi connectivity index (χ1v) is 6.81. The Labute approximate surface area is 114 Å². The van der Waals surface area contributed by atoms with Crippen molar-refractivity contribution in [2.75, 3.05) is 6.61 Å². The van der Waals surface area contributed by atoms with E-state index < -0.39 is 0 Å². The number of thioether (sulfide) groups is 1. The molecule has 1 aliphatic rings. The quantitative estimate of drug-likeness (QED) is 0.789. The van der Waals surface area contributed by atoms with Crippen LogP contribution in [0, 0.1) is 6.92 Å². The van der Waals surface area contributed by atoms with Gasteiger partial charge in [0.05, 0.1) is 12.3 Å². The van der Waals surface area contributed by atoms with Crippen molar-refractivity contribution in [2.24, 2.45) is 0 Å². The molecule has 0 radical (unpaired) electrons. The van der Waals surface area contributed by atoms with Crippen molar-refractivity contribution in [1.82, 2.24) is 20.2 Å². The minimum atomic E-state index is -0.213. The summed E-state index contributed by atoms with van der Waals surface area (Å²) >= 11 is 1.34. The summed E-state index contributed by atoms with van der Waals surface area (Å²) < 4.78 is 6.57. The second-order valence-electron chi connectivity index (χ2n) is 4.27. The molecular weight excluding hydrogens is 264 g/mol. The van der Waals surface area contributed by atoms with E-state index in [9.17, 15) is 4.79 Å². The molecule has 2 aromatic rings. The molecule has 6 nitrogen and oxygen atoms in total. The van der Waals surface area contributed by atoms with Crippen molar-refractivity contribution in [1.29, 1.82) is 0 Å². The van der Waals surface area contributed by atoms with Gasteiger partial charge < -0.3 is 4.74 Å². The monoisotopic (exact) mass is 276 g/mol. The van der Waals surface area contributed by atoms with Crippen LogP contribution in [0.2, 0.25) is 0 Å². The molecule has 0 bridgehead atoms. The van der Waals surface area contributed by atoms with Crippen LogP contribution < -0.4 is 0 Å². The van der Waals surface area contributed by atoms with Crippen LogP contribution in [-0.4, -0.2) is 38.0 Å². The summed E-state index contributed by atoms with van der Waals surface area (Å²) in [7, 11) is 0. The fraction of sp³-hybridized carbons (Fsp3) is 0.333. The minimum Gasteiger partial charge on any atom is -0.465 e. The van der Waals surface area contributed by atoms with Gasteiger partial charge >= 0.3 is 5.97 Å². The zero-order valence-corrected chi connectivity index (χ0v) is 11.1. The number of carbonyl (C=O) groups excluding carboxylic acids is 1. The van der Waals surface area contributed by atoms with Crippen LogP contribution in [0.25, 0.3) is 5.69 Å². The fourth-order valence-corrected chi connectivity index (χ4v) is 2.77. The zero-order valence-electron chi connectivity index (χ0n) is 10.3. The predicted molar refractivity (Wildman–Crippen MR) is 69.1 cm³/mol. The molecule has 19 heavy (non-hydrogen) atoms. The number of esters is 1. The number of benzene rings is 1. The van der Waals surface area contributed by atoms with Gasteiger partial charge in [-0.15, -0.1) is 5.10 Å². The van der Waals surface area contributed by atoms with Gasteiger partial charge in [-0.3, -0.25) is 4.79 Å². The summed E-state index contributed by atoms with van der Waals surface area (Å²) in [5.41, 5.74) is 2.05. The number of rotatable bonds is 3. The maximum absolute atomic E-state index is 11.5. The highest BCUT2D eigenvalue weighted by Gasteiger charge is 2.29. The molecule has 3 rings (SSSR count). The highest BCUT2D eigenvalue weighted by molar-refractivity contribution is 8.00. The number of tetrazole rings is 1. The Kier molecular flexibility index (Phi) is 3.20. The van der Waals surface area contributed by atoms with Crippen molar-refractivity contribution < 1.29 is 9.53 Å². The number of hydrogen-bond acceptors (Lipinski definition) is 6. The molecule has 1 aromatic heterocycles. The second-order valence-corrected chi connectivity index (χ2v) is 5.44. The normalized spacial score (nSPS) is 18.6. The summed E-state index contributed by atoms with van der Waals surface area (Å²) in [5, 5.41) is 12.0. The third-order valence-electron chi connectivity index (χ3n) is 2.85. The number of ether oxygens (including phenoxy) is 1. The van der Waals surface area contributed by atoms with Crippen LogP contribution >= 0.6 is 11.8 Å². The van der Waals surface area contributed by atoms with E-state index in [0.717, 1.165) is 5.69 Å². The second kappa shape index (κ2) is 5.00. The maximum Gasteiger partial charge on any atom is 0.319 e. The van der Waals surface area contributed by atoms with Gasteiger partial charge in [-0.1, -0.05) is 29.5 Å². The van der Waals surface area contributed by atoms with Gasteiger partial charge in [-0.25, -0.2) is 0 Å². The molecule has 1 atom stereocenters. The molecule has 1 saturated heterocycles. The average molecular weight is 276 g/mol. The summed E-state index contributed by atoms with van der Waals surface area (Å²) in [5.74, 6) is -0.191. The molecule has 1 fully saturated rings. The van der Waals surface area contributed by atoms with Gasteiger partial charge in [0.1, 0.15) is 5.25 Å². The molecule has 0 amide bonds. The van der Waals surface area contributed by atoms with Crippen molar-refractivity contribution in [3.05, 3.63) is 29.8 Å². The first-order chi connectivity index (χ1) is 9.24. The number of hydrogen-bond donors (Lipinski definition) is 0. The van der Waals surface area contributed by atoms with E-state index in [1.54, 1.807) is 4.68 Å². The first-order valence-electron chi connectivity index (χ1n) is 5.93. The zero-order chi connectivity index (χ0) is 13.2. The summed E-state index contributed by atoms with van der Waals surface area (Å²) in [6.07, 6.45) is 0.699. The van der Waals surface area contributed by atoms with E-state index in [2.05, 4.69) is 15.5 Å². The van der Waals surface area contributed by atoms with E-state index in [-0.39, 0.29) is 11.2 Å². The van der Waals surface area contributed by atoms with E-state index in [4.69, 9.17) is 4.74 Å². The van der Waals surface area contributed by atoms with E-state index in [1.165, 1.54) is 17.3 Å². The van der Waals surface area contributed by atoms with Crippen LogP contribution in [0.4, 0.5) is 0 Å². The lowest BCUT2D eigenvalue weighted by Crippen LogP contribution is -2.11. The lowest BCUT2D eigenvalue weighted by Gasteiger charge is -2.06. The number of aryl methyl sites for hydroxylation is 1. The highest BCUT2D eigenvalue weighted by atomic mass is 32.2. The molecule has 0 aliphatic carbocycles. The molecule has 2 heterocycles. The predicted octanol–water partition coefficient (Wildman–Crippen LogP) is 1.38. The first kappa shape index (κ1) is 12.2.